The molecule has 2 aromatic rings. The van der Waals surface area contributed by atoms with Crippen LogP contribution in [0.5, 0.6) is 0 Å². The highest BCUT2D eigenvalue weighted by Crippen LogP contribution is 2.37. The number of alkyl halides is 6. The molecule has 35 heavy (non-hydrogen) atoms. The highest BCUT2D eigenvalue weighted by Gasteiger charge is 2.38. The molecule has 188 valence electrons. The van der Waals surface area contributed by atoms with Crippen LogP contribution < -0.4 is 0 Å². The van der Waals surface area contributed by atoms with Gasteiger partial charge in [0.05, 0.1) is 22.9 Å². The van der Waals surface area contributed by atoms with Crippen LogP contribution in [0.1, 0.15) is 52.8 Å². The molecule has 0 radical (unpaired) electrons. The molecule has 8 nitrogen and oxygen atoms in total. The van der Waals surface area contributed by atoms with Crippen molar-refractivity contribution in [2.45, 2.75) is 38.3 Å². The van der Waals surface area contributed by atoms with Gasteiger partial charge < -0.3 is 9.64 Å². The minimum absolute atomic E-state index is 0.0471. The number of rotatable bonds is 4. The standard InChI is InChI=1S/C21H19F6N5O3/c1-10(15-16(29-6-5-28-15)17-30-32(4)18(33)11(2)35-17)31(3)19(34)12-7-13(20(22,23)24)9-14(8-12)21(25,26)27/h5-11H,1-4H3. The quantitative estimate of drug-likeness (QED) is 0.591. The van der Waals surface area contributed by atoms with Gasteiger partial charge >= 0.3 is 12.4 Å². The van der Waals surface area contributed by atoms with E-state index in [0.29, 0.717) is 12.1 Å². The maximum Gasteiger partial charge on any atom is 0.416 e. The first-order valence-corrected chi connectivity index (χ1v) is 10.0. The predicted molar refractivity (Wildman–Crippen MR) is 109 cm³/mol. The van der Waals surface area contributed by atoms with Crippen molar-refractivity contribution in [1.82, 2.24) is 19.9 Å². The zero-order chi connectivity index (χ0) is 26.3. The maximum absolute atomic E-state index is 13.2. The summed E-state index contributed by atoms with van der Waals surface area (Å²) in [5, 5.41) is 5.02. The lowest BCUT2D eigenvalue weighted by molar-refractivity contribution is -0.143. The zero-order valence-corrected chi connectivity index (χ0v) is 18.8. The fourth-order valence-electron chi connectivity index (χ4n) is 3.25. The monoisotopic (exact) mass is 503 g/mol. The summed E-state index contributed by atoms with van der Waals surface area (Å²) in [6.45, 7) is 2.93. The lowest BCUT2D eigenvalue weighted by atomic mass is 10.0. The molecule has 0 spiro atoms. The van der Waals surface area contributed by atoms with Gasteiger partial charge in [0.25, 0.3) is 17.7 Å². The average molecular weight is 503 g/mol. The second kappa shape index (κ2) is 9.15. The topological polar surface area (TPSA) is 88.0 Å². The Kier molecular flexibility index (Phi) is 6.77. The molecule has 14 heteroatoms. The SMILES string of the molecule is CC1OC(c2nccnc2C(C)N(C)C(=O)c2cc(C(F)(F)F)cc(C(F)(F)F)c2)=NN(C)C1=O. The van der Waals surface area contributed by atoms with Crippen LogP contribution in [0.25, 0.3) is 0 Å². The van der Waals surface area contributed by atoms with Crippen molar-refractivity contribution in [3.63, 3.8) is 0 Å². The first-order valence-electron chi connectivity index (χ1n) is 10.0. The first kappa shape index (κ1) is 25.9. The van der Waals surface area contributed by atoms with Gasteiger partial charge in [-0.3, -0.25) is 14.6 Å². The average Bonchev–Trinajstić information content (AvgIpc) is 2.79. The molecule has 2 atom stereocenters. The molecule has 0 N–H and O–H groups in total. The van der Waals surface area contributed by atoms with E-state index in [9.17, 15) is 35.9 Å². The zero-order valence-electron chi connectivity index (χ0n) is 18.8. The van der Waals surface area contributed by atoms with Gasteiger partial charge in [0.15, 0.2) is 11.8 Å². The number of hydrazone groups is 1. The van der Waals surface area contributed by atoms with Gasteiger partial charge in [-0.05, 0) is 32.0 Å². The Morgan fingerprint density at radius 2 is 1.60 bits per heavy atom. The third-order valence-corrected chi connectivity index (χ3v) is 5.26. The minimum atomic E-state index is -5.10. The molecule has 2 heterocycles. The van der Waals surface area contributed by atoms with Gasteiger partial charge in [-0.1, -0.05) is 0 Å². The summed E-state index contributed by atoms with van der Waals surface area (Å²) in [7, 11) is 2.59. The van der Waals surface area contributed by atoms with E-state index in [2.05, 4.69) is 15.1 Å². The van der Waals surface area contributed by atoms with Crippen LogP contribution in [0, 0.1) is 0 Å². The molecule has 1 aliphatic rings. The van der Waals surface area contributed by atoms with Crippen molar-refractivity contribution in [2.75, 3.05) is 14.1 Å². The fraction of sp³-hybridized carbons (Fsp3) is 0.381. The number of aromatic nitrogens is 2. The van der Waals surface area contributed by atoms with Crippen LogP contribution in [0.4, 0.5) is 26.3 Å². The van der Waals surface area contributed by atoms with Crippen molar-refractivity contribution in [3.8, 4) is 0 Å². The summed E-state index contributed by atoms with van der Waals surface area (Å²) in [6, 6.07) is -0.331. The normalized spacial score (nSPS) is 17.5. The van der Waals surface area contributed by atoms with Crippen LogP contribution >= 0.6 is 0 Å². The molecule has 0 saturated heterocycles. The minimum Gasteiger partial charge on any atom is -0.462 e. The van der Waals surface area contributed by atoms with Crippen LogP contribution in [-0.2, 0) is 21.9 Å². The van der Waals surface area contributed by atoms with Crippen molar-refractivity contribution in [3.05, 3.63) is 58.7 Å². The Morgan fingerprint density at radius 3 is 2.11 bits per heavy atom. The largest absolute Gasteiger partial charge is 0.462 e. The summed E-state index contributed by atoms with van der Waals surface area (Å²) < 4.78 is 84.7. The van der Waals surface area contributed by atoms with E-state index in [0.717, 1.165) is 9.91 Å². The molecule has 2 unspecified atom stereocenters. The maximum atomic E-state index is 13.2. The Hall–Kier alpha value is -3.71. The Bertz CT molecular complexity index is 1150. The molecular formula is C21H19F6N5O3. The van der Waals surface area contributed by atoms with Crippen LogP contribution in [-0.4, -0.2) is 57.8 Å². The number of carbonyl (C=O) groups is 2. The number of benzene rings is 1. The number of carbonyl (C=O) groups excluding carboxylic acids is 2. The van der Waals surface area contributed by atoms with Crippen LogP contribution in [0.15, 0.2) is 35.7 Å². The van der Waals surface area contributed by atoms with E-state index in [1.807, 2.05) is 0 Å². The number of ether oxygens (including phenoxy) is 1. The van der Waals surface area contributed by atoms with E-state index in [-0.39, 0.29) is 23.4 Å². The number of amides is 2. The molecule has 1 aromatic heterocycles. The van der Waals surface area contributed by atoms with Crippen molar-refractivity contribution in [2.24, 2.45) is 5.10 Å². The van der Waals surface area contributed by atoms with Crippen LogP contribution in [0.2, 0.25) is 0 Å². The van der Waals surface area contributed by atoms with Crippen molar-refractivity contribution in [1.29, 1.82) is 0 Å². The second-order valence-corrected chi connectivity index (χ2v) is 7.70. The number of nitrogens with zero attached hydrogens (tertiary/aromatic N) is 5. The highest BCUT2D eigenvalue weighted by molar-refractivity contribution is 5.99. The summed E-state index contributed by atoms with van der Waals surface area (Å²) >= 11 is 0. The van der Waals surface area contributed by atoms with Gasteiger partial charge in [0.2, 0.25) is 0 Å². The van der Waals surface area contributed by atoms with E-state index in [1.54, 1.807) is 0 Å². The van der Waals surface area contributed by atoms with E-state index >= 15 is 0 Å². The first-order chi connectivity index (χ1) is 16.1. The Morgan fingerprint density at radius 1 is 1.06 bits per heavy atom. The molecule has 3 rings (SSSR count). The lowest BCUT2D eigenvalue weighted by Crippen LogP contribution is -2.41. The summed E-state index contributed by atoms with van der Waals surface area (Å²) in [5.74, 6) is -1.63. The van der Waals surface area contributed by atoms with Crippen molar-refractivity contribution < 1.29 is 40.7 Å². The molecule has 0 saturated carbocycles. The van der Waals surface area contributed by atoms with E-state index < -0.39 is 53.0 Å². The summed E-state index contributed by atoms with van der Waals surface area (Å²) in [4.78, 5) is 34.1. The highest BCUT2D eigenvalue weighted by atomic mass is 19.4. The molecule has 0 bridgehead atoms. The van der Waals surface area contributed by atoms with E-state index in [4.69, 9.17) is 4.74 Å². The third-order valence-electron chi connectivity index (χ3n) is 5.26. The van der Waals surface area contributed by atoms with Gasteiger partial charge in [0.1, 0.15) is 0 Å². The molecule has 0 fully saturated rings. The predicted octanol–water partition coefficient (Wildman–Crippen LogP) is 3.89. The Labute approximate surface area is 195 Å². The van der Waals surface area contributed by atoms with Crippen LogP contribution in [0.3, 0.4) is 0 Å². The number of halogens is 6. The number of likely N-dealkylation sites (N-methyl/N-ethyl adjacent to an activating group) is 1. The third kappa shape index (κ3) is 5.35. The molecule has 0 aliphatic carbocycles. The fourth-order valence-corrected chi connectivity index (χ4v) is 3.25. The number of hydrogen-bond donors (Lipinski definition) is 0. The van der Waals surface area contributed by atoms with Gasteiger partial charge in [-0.2, -0.15) is 26.3 Å². The van der Waals surface area contributed by atoms with Crippen molar-refractivity contribution >= 4 is 17.7 Å². The molecule has 1 aliphatic heterocycles. The Balaban J connectivity index is 2.00. The van der Waals surface area contributed by atoms with Gasteiger partial charge in [-0.15, -0.1) is 5.10 Å². The summed E-state index contributed by atoms with van der Waals surface area (Å²) in [5.41, 5.74) is -3.88. The molecule has 2 amide bonds. The smallest absolute Gasteiger partial charge is 0.416 e. The van der Waals surface area contributed by atoms with Gasteiger partial charge in [-0.25, -0.2) is 9.99 Å². The molecular weight excluding hydrogens is 484 g/mol. The number of hydrogen-bond acceptors (Lipinski definition) is 6. The summed E-state index contributed by atoms with van der Waals surface area (Å²) in [6.07, 6.45) is -8.53. The lowest BCUT2D eigenvalue weighted by Gasteiger charge is -2.28. The molecule has 1 aromatic carbocycles. The second-order valence-electron chi connectivity index (χ2n) is 7.70. The van der Waals surface area contributed by atoms with E-state index in [1.165, 1.54) is 40.3 Å². The van der Waals surface area contributed by atoms with Gasteiger partial charge in [0, 0.05) is 32.1 Å².